The highest BCUT2D eigenvalue weighted by Gasteiger charge is 2.09. The fourth-order valence-corrected chi connectivity index (χ4v) is 2.57. The number of benzene rings is 2. The zero-order chi connectivity index (χ0) is 16.9. The normalized spacial score (nSPS) is 10.4. The maximum Gasteiger partial charge on any atom is 0.228 e. The Morgan fingerprint density at radius 3 is 2.75 bits per heavy atom. The highest BCUT2D eigenvalue weighted by Crippen LogP contribution is 2.27. The SMILES string of the molecule is COc1ccc(NC(=O)Cc2cnn(-c3ccccc3)c2)cc1Cl. The molecule has 0 aliphatic heterocycles. The van der Waals surface area contributed by atoms with E-state index in [0.29, 0.717) is 16.5 Å². The predicted molar refractivity (Wildman–Crippen MR) is 93.9 cm³/mol. The van der Waals surface area contributed by atoms with E-state index >= 15 is 0 Å². The fourth-order valence-electron chi connectivity index (χ4n) is 2.31. The number of para-hydroxylation sites is 1. The Kier molecular flexibility index (Phi) is 4.82. The second-order valence-electron chi connectivity index (χ2n) is 5.20. The number of hydrogen-bond acceptors (Lipinski definition) is 3. The molecule has 0 bridgehead atoms. The average molecular weight is 342 g/mol. The van der Waals surface area contributed by atoms with Gasteiger partial charge in [-0.2, -0.15) is 5.10 Å². The lowest BCUT2D eigenvalue weighted by molar-refractivity contribution is -0.115. The summed E-state index contributed by atoms with van der Waals surface area (Å²) in [6.45, 7) is 0. The van der Waals surface area contributed by atoms with Crippen molar-refractivity contribution in [1.29, 1.82) is 0 Å². The molecule has 24 heavy (non-hydrogen) atoms. The van der Waals surface area contributed by atoms with Crippen LogP contribution in [-0.4, -0.2) is 22.8 Å². The Labute approximate surface area is 144 Å². The van der Waals surface area contributed by atoms with Crippen LogP contribution in [0, 0.1) is 0 Å². The third-order valence-corrected chi connectivity index (χ3v) is 3.75. The van der Waals surface area contributed by atoms with Gasteiger partial charge in [-0.25, -0.2) is 4.68 Å². The summed E-state index contributed by atoms with van der Waals surface area (Å²) in [5.41, 5.74) is 2.41. The van der Waals surface area contributed by atoms with Crippen molar-refractivity contribution in [3.63, 3.8) is 0 Å². The number of ether oxygens (including phenoxy) is 1. The van der Waals surface area contributed by atoms with Crippen molar-refractivity contribution in [1.82, 2.24) is 9.78 Å². The third-order valence-electron chi connectivity index (χ3n) is 3.46. The first-order valence-electron chi connectivity index (χ1n) is 7.38. The second-order valence-corrected chi connectivity index (χ2v) is 5.61. The van der Waals surface area contributed by atoms with Gasteiger partial charge >= 0.3 is 0 Å². The number of carbonyl (C=O) groups excluding carboxylic acids is 1. The van der Waals surface area contributed by atoms with E-state index in [1.54, 1.807) is 36.2 Å². The summed E-state index contributed by atoms with van der Waals surface area (Å²) in [6.07, 6.45) is 3.76. The van der Waals surface area contributed by atoms with E-state index in [0.717, 1.165) is 11.3 Å². The van der Waals surface area contributed by atoms with Crippen molar-refractivity contribution in [3.8, 4) is 11.4 Å². The van der Waals surface area contributed by atoms with Gasteiger partial charge in [0.1, 0.15) is 5.75 Å². The van der Waals surface area contributed by atoms with Gasteiger partial charge in [-0.15, -0.1) is 0 Å². The van der Waals surface area contributed by atoms with Crippen LogP contribution in [0.15, 0.2) is 60.9 Å². The molecule has 3 aromatic rings. The monoisotopic (exact) mass is 341 g/mol. The summed E-state index contributed by atoms with van der Waals surface area (Å²) < 4.78 is 6.83. The van der Waals surface area contributed by atoms with Crippen LogP contribution in [0.3, 0.4) is 0 Å². The topological polar surface area (TPSA) is 56.1 Å². The molecule has 1 amide bonds. The van der Waals surface area contributed by atoms with Gasteiger partial charge in [0.05, 0.1) is 30.4 Å². The molecule has 0 saturated carbocycles. The first-order chi connectivity index (χ1) is 11.7. The average Bonchev–Trinajstić information content (AvgIpc) is 3.04. The molecule has 0 spiro atoms. The molecule has 6 heteroatoms. The summed E-state index contributed by atoms with van der Waals surface area (Å²) in [7, 11) is 1.55. The largest absolute Gasteiger partial charge is 0.495 e. The summed E-state index contributed by atoms with van der Waals surface area (Å²) in [4.78, 5) is 12.2. The molecule has 0 radical (unpaired) electrons. The zero-order valence-electron chi connectivity index (χ0n) is 13.1. The first-order valence-corrected chi connectivity index (χ1v) is 7.76. The van der Waals surface area contributed by atoms with Crippen LogP contribution in [0.2, 0.25) is 5.02 Å². The summed E-state index contributed by atoms with van der Waals surface area (Å²) in [5, 5.41) is 7.55. The van der Waals surface area contributed by atoms with Crippen LogP contribution in [0.25, 0.3) is 5.69 Å². The van der Waals surface area contributed by atoms with Crippen LogP contribution in [0.4, 0.5) is 5.69 Å². The highest BCUT2D eigenvalue weighted by molar-refractivity contribution is 6.32. The number of aromatic nitrogens is 2. The number of nitrogens with one attached hydrogen (secondary N) is 1. The van der Waals surface area contributed by atoms with Crippen molar-refractivity contribution in [2.75, 3.05) is 12.4 Å². The minimum Gasteiger partial charge on any atom is -0.495 e. The number of carbonyl (C=O) groups is 1. The highest BCUT2D eigenvalue weighted by atomic mass is 35.5. The summed E-state index contributed by atoms with van der Waals surface area (Å²) in [5.74, 6) is 0.433. The van der Waals surface area contributed by atoms with Gasteiger partial charge in [-0.1, -0.05) is 29.8 Å². The van der Waals surface area contributed by atoms with E-state index in [1.807, 2.05) is 36.5 Å². The Bertz CT molecular complexity index is 846. The van der Waals surface area contributed by atoms with E-state index in [2.05, 4.69) is 10.4 Å². The van der Waals surface area contributed by atoms with Gasteiger partial charge in [0.2, 0.25) is 5.91 Å². The van der Waals surface area contributed by atoms with Crippen molar-refractivity contribution >= 4 is 23.2 Å². The number of nitrogens with zero attached hydrogens (tertiary/aromatic N) is 2. The van der Waals surface area contributed by atoms with Crippen LogP contribution in [-0.2, 0) is 11.2 Å². The van der Waals surface area contributed by atoms with Crippen molar-refractivity contribution in [2.24, 2.45) is 0 Å². The van der Waals surface area contributed by atoms with E-state index in [-0.39, 0.29) is 12.3 Å². The molecule has 1 aromatic heterocycles. The molecule has 1 N–H and O–H groups in total. The van der Waals surface area contributed by atoms with Crippen LogP contribution >= 0.6 is 11.6 Å². The Balaban J connectivity index is 1.65. The number of amides is 1. The lowest BCUT2D eigenvalue weighted by Gasteiger charge is -2.07. The van der Waals surface area contributed by atoms with Gasteiger partial charge in [0, 0.05) is 11.9 Å². The molecule has 0 saturated heterocycles. The minimum atomic E-state index is -0.135. The number of anilines is 1. The first kappa shape index (κ1) is 16.1. The maximum absolute atomic E-state index is 12.2. The smallest absolute Gasteiger partial charge is 0.228 e. The lowest BCUT2D eigenvalue weighted by Crippen LogP contribution is -2.14. The quantitative estimate of drug-likeness (QED) is 0.769. The predicted octanol–water partition coefficient (Wildman–Crippen LogP) is 3.72. The zero-order valence-corrected chi connectivity index (χ0v) is 13.8. The van der Waals surface area contributed by atoms with Crippen LogP contribution in [0.5, 0.6) is 5.75 Å². The van der Waals surface area contributed by atoms with E-state index in [1.165, 1.54) is 0 Å². The maximum atomic E-state index is 12.2. The van der Waals surface area contributed by atoms with Crippen LogP contribution < -0.4 is 10.1 Å². The second kappa shape index (κ2) is 7.19. The number of rotatable bonds is 5. The standard InChI is InChI=1S/C18H16ClN3O2/c1-24-17-8-7-14(10-16(17)19)21-18(23)9-13-11-20-22(12-13)15-5-3-2-4-6-15/h2-8,10-12H,9H2,1H3,(H,21,23). The molecule has 0 aliphatic carbocycles. The van der Waals surface area contributed by atoms with E-state index in [4.69, 9.17) is 16.3 Å². The van der Waals surface area contributed by atoms with E-state index < -0.39 is 0 Å². The third kappa shape index (κ3) is 3.75. The Morgan fingerprint density at radius 1 is 1.25 bits per heavy atom. The van der Waals surface area contributed by atoms with Crippen molar-refractivity contribution in [3.05, 3.63) is 71.5 Å². The molecule has 1 heterocycles. The van der Waals surface area contributed by atoms with Gasteiger partial charge < -0.3 is 10.1 Å². The number of hydrogen-bond donors (Lipinski definition) is 1. The van der Waals surface area contributed by atoms with Gasteiger partial charge in [-0.3, -0.25) is 4.79 Å². The molecule has 3 rings (SSSR count). The van der Waals surface area contributed by atoms with Gasteiger partial charge in [0.15, 0.2) is 0 Å². The number of halogens is 1. The number of methoxy groups -OCH3 is 1. The summed E-state index contributed by atoms with van der Waals surface area (Å²) in [6, 6.07) is 14.9. The van der Waals surface area contributed by atoms with Crippen molar-refractivity contribution in [2.45, 2.75) is 6.42 Å². The van der Waals surface area contributed by atoms with Crippen LogP contribution in [0.1, 0.15) is 5.56 Å². The minimum absolute atomic E-state index is 0.135. The molecular weight excluding hydrogens is 326 g/mol. The summed E-state index contributed by atoms with van der Waals surface area (Å²) >= 11 is 6.05. The molecular formula is C18H16ClN3O2. The molecule has 5 nitrogen and oxygen atoms in total. The van der Waals surface area contributed by atoms with Crippen molar-refractivity contribution < 1.29 is 9.53 Å². The molecule has 0 atom stereocenters. The molecule has 0 aliphatic rings. The molecule has 0 unspecified atom stereocenters. The molecule has 0 fully saturated rings. The molecule has 122 valence electrons. The molecule has 2 aromatic carbocycles. The van der Waals surface area contributed by atoms with Gasteiger partial charge in [-0.05, 0) is 35.9 Å². The van der Waals surface area contributed by atoms with E-state index in [9.17, 15) is 4.79 Å². The fraction of sp³-hybridized carbons (Fsp3) is 0.111. The Morgan fingerprint density at radius 2 is 2.04 bits per heavy atom. The lowest BCUT2D eigenvalue weighted by atomic mass is 10.2. The van der Waals surface area contributed by atoms with Gasteiger partial charge in [0.25, 0.3) is 0 Å². The Hall–Kier alpha value is -2.79.